The van der Waals surface area contributed by atoms with Gasteiger partial charge in [-0.15, -0.1) is 16.6 Å². The number of terminal acetylenes is 1. The highest BCUT2D eigenvalue weighted by molar-refractivity contribution is 5.81. The molecule has 5 rings (SSSR count). The van der Waals surface area contributed by atoms with Crippen molar-refractivity contribution in [1.82, 2.24) is 54.7 Å². The van der Waals surface area contributed by atoms with E-state index in [0.29, 0.717) is 128 Å². The minimum atomic E-state index is -5.17. The Morgan fingerprint density at radius 2 is 1.18 bits per heavy atom. The van der Waals surface area contributed by atoms with Gasteiger partial charge in [-0.1, -0.05) is 70.7 Å². The number of hydrogen-bond acceptors (Lipinski definition) is 19. The minimum absolute atomic E-state index is 0.0146. The Labute approximate surface area is 412 Å². The zero-order valence-electron chi connectivity index (χ0n) is 41.7. The molecule has 0 aliphatic carbocycles. The second kappa shape index (κ2) is 27.2. The smallest absolute Gasteiger partial charge is 0.457 e. The Morgan fingerprint density at radius 3 is 1.63 bits per heavy atom. The zero-order valence-corrected chi connectivity index (χ0v) is 41.7. The lowest BCUT2D eigenvalue weighted by atomic mass is 9.97. The van der Waals surface area contributed by atoms with Crippen molar-refractivity contribution in [1.29, 1.82) is 0 Å². The fourth-order valence-corrected chi connectivity index (χ4v) is 7.98. The summed E-state index contributed by atoms with van der Waals surface area (Å²) in [6.07, 6.45) is 5.33. The van der Waals surface area contributed by atoms with Crippen molar-refractivity contribution >= 4 is 35.6 Å². The van der Waals surface area contributed by atoms with E-state index in [2.05, 4.69) is 50.4 Å². The molecule has 0 radical (unpaired) electrons. The molecule has 3 aromatic heterocycles. The van der Waals surface area contributed by atoms with Crippen LogP contribution >= 0.6 is 0 Å². The van der Waals surface area contributed by atoms with E-state index in [9.17, 15) is 27.6 Å². The number of alkyl halides is 3. The van der Waals surface area contributed by atoms with Gasteiger partial charge in [-0.3, -0.25) is 9.59 Å². The number of nitrogens with zero attached hydrogens (tertiary/aromatic N) is 13. The summed E-state index contributed by atoms with van der Waals surface area (Å²) in [6.45, 7) is 16.9. The van der Waals surface area contributed by atoms with Gasteiger partial charge in [0.1, 0.15) is 31.0 Å². The number of piperazine rings is 2. The molecule has 2 aliphatic heterocycles. The number of rotatable bonds is 27. The topological polar surface area (TPSA) is 265 Å². The van der Waals surface area contributed by atoms with E-state index in [-0.39, 0.29) is 42.0 Å². The molecule has 5 N–H and O–H groups in total. The standard InChI is InChI=1S/C45H71F3N16O7/c1-8-20-68-22-24-70-25-23-69-21-11-51-42-52-43(61-16-12-59(13-17-61)39(65)37(31(6)9-2)63-27-35(55-57-63)33(49)26-30(4)5)54-44(53-42)62-18-14-60(15-19-62)40(66)38(32(7)10-3)64-28-36(56-58-64)34(50)29-71-41(67)45(46,47)48/h1,27-28,30-34,37-38H,9-26,29,49-50H2,2-7H3,(H,51,52,53,54). The predicted octanol–water partition coefficient (Wildman–Crippen LogP) is 2.17. The molecule has 26 heteroatoms. The van der Waals surface area contributed by atoms with Gasteiger partial charge in [0, 0.05) is 58.9 Å². The number of esters is 1. The van der Waals surface area contributed by atoms with Gasteiger partial charge in [0.25, 0.3) is 0 Å². The van der Waals surface area contributed by atoms with Crippen molar-refractivity contribution in [3.05, 3.63) is 23.8 Å². The van der Waals surface area contributed by atoms with Crippen LogP contribution in [0.5, 0.6) is 0 Å². The number of nitrogens with one attached hydrogen (secondary N) is 1. The Balaban J connectivity index is 1.26. The zero-order chi connectivity index (χ0) is 51.7. The van der Waals surface area contributed by atoms with Crippen LogP contribution in [-0.2, 0) is 33.3 Å². The molecule has 23 nitrogen and oxygen atoms in total. The third kappa shape index (κ3) is 16.1. The molecule has 2 fully saturated rings. The first kappa shape index (κ1) is 56.2. The Kier molecular flexibility index (Phi) is 21.5. The summed E-state index contributed by atoms with van der Waals surface area (Å²) in [7, 11) is 0. The summed E-state index contributed by atoms with van der Waals surface area (Å²) >= 11 is 0. The first-order valence-electron chi connectivity index (χ1n) is 24.3. The van der Waals surface area contributed by atoms with Crippen LogP contribution in [-0.4, -0.2) is 184 Å². The van der Waals surface area contributed by atoms with Gasteiger partial charge < -0.3 is 55.3 Å². The molecule has 71 heavy (non-hydrogen) atoms. The lowest BCUT2D eigenvalue weighted by Gasteiger charge is -2.38. The van der Waals surface area contributed by atoms with Gasteiger partial charge >= 0.3 is 12.1 Å². The van der Waals surface area contributed by atoms with Crippen LogP contribution < -0.4 is 26.6 Å². The second-order valence-electron chi connectivity index (χ2n) is 18.1. The summed E-state index contributed by atoms with van der Waals surface area (Å²) in [5.41, 5.74) is 13.1. The maximum atomic E-state index is 14.3. The lowest BCUT2D eigenvalue weighted by molar-refractivity contribution is -0.200. The lowest BCUT2D eigenvalue weighted by Crippen LogP contribution is -2.52. The highest BCUT2D eigenvalue weighted by atomic mass is 19.4. The van der Waals surface area contributed by atoms with Crippen molar-refractivity contribution in [2.45, 2.75) is 91.1 Å². The molecule has 0 aromatic carbocycles. The van der Waals surface area contributed by atoms with Gasteiger partial charge in [-0.2, -0.15) is 28.1 Å². The molecule has 3 aromatic rings. The van der Waals surface area contributed by atoms with Crippen molar-refractivity contribution in [2.24, 2.45) is 29.2 Å². The van der Waals surface area contributed by atoms with Crippen LogP contribution in [0.15, 0.2) is 12.4 Å². The summed E-state index contributed by atoms with van der Waals surface area (Å²) in [6, 6.07) is -2.83. The fraction of sp³-hybridized carbons (Fsp3) is 0.733. The summed E-state index contributed by atoms with van der Waals surface area (Å²) in [4.78, 5) is 61.8. The molecule has 2 amide bonds. The summed E-state index contributed by atoms with van der Waals surface area (Å²) in [5, 5.41) is 20.1. The van der Waals surface area contributed by atoms with E-state index in [1.54, 1.807) is 15.8 Å². The van der Waals surface area contributed by atoms with Gasteiger partial charge in [-0.25, -0.2) is 14.2 Å². The first-order chi connectivity index (χ1) is 33.9. The molecule has 0 spiro atoms. The molecule has 5 heterocycles. The van der Waals surface area contributed by atoms with Crippen LogP contribution in [0.1, 0.15) is 96.4 Å². The molecule has 6 atom stereocenters. The molecule has 2 aliphatic rings. The number of halogens is 3. The number of aromatic nitrogens is 9. The number of carbonyl (C=O) groups is 3. The number of carbonyl (C=O) groups excluding carboxylic acids is 3. The molecule has 0 saturated carbocycles. The van der Waals surface area contributed by atoms with Crippen LogP contribution in [0.25, 0.3) is 0 Å². The van der Waals surface area contributed by atoms with E-state index >= 15 is 0 Å². The van der Waals surface area contributed by atoms with Crippen LogP contribution in [0.4, 0.5) is 31.0 Å². The number of ether oxygens (including phenoxy) is 4. The Morgan fingerprint density at radius 1 is 0.718 bits per heavy atom. The largest absolute Gasteiger partial charge is 0.490 e. The maximum absolute atomic E-state index is 14.3. The maximum Gasteiger partial charge on any atom is 0.490 e. The van der Waals surface area contributed by atoms with Gasteiger partial charge in [0.05, 0.1) is 63.2 Å². The van der Waals surface area contributed by atoms with Crippen molar-refractivity contribution in [3.8, 4) is 12.3 Å². The van der Waals surface area contributed by atoms with Gasteiger partial charge in [0.2, 0.25) is 29.7 Å². The molecule has 6 unspecified atom stereocenters. The number of nitrogens with two attached hydrogens (primary N) is 2. The number of hydrogen-bond donors (Lipinski definition) is 3. The SMILES string of the molecule is C#CCOCCOCCOCCNc1nc(N2CCN(C(=O)C(C(C)CC)n3cc(C(N)COC(=O)C(F)(F)F)nn3)CC2)nc(N2CCN(C(=O)C(C(C)CC)n3cc(C(N)CC(C)C)nn3)CC2)n1. The fourth-order valence-electron chi connectivity index (χ4n) is 7.98. The highest BCUT2D eigenvalue weighted by Crippen LogP contribution is 2.29. The van der Waals surface area contributed by atoms with E-state index in [1.807, 2.05) is 42.4 Å². The van der Waals surface area contributed by atoms with Crippen molar-refractivity contribution in [3.63, 3.8) is 0 Å². The van der Waals surface area contributed by atoms with Crippen molar-refractivity contribution in [2.75, 3.05) is 120 Å². The first-order valence-corrected chi connectivity index (χ1v) is 24.3. The molecular weight excluding hydrogens is 934 g/mol. The average Bonchev–Trinajstić information content (AvgIpc) is 4.06. The summed E-state index contributed by atoms with van der Waals surface area (Å²) < 4.78 is 61.9. The van der Waals surface area contributed by atoms with E-state index in [1.165, 1.54) is 10.9 Å². The van der Waals surface area contributed by atoms with Crippen LogP contribution in [0.3, 0.4) is 0 Å². The normalized spacial score (nSPS) is 17.1. The second-order valence-corrected chi connectivity index (χ2v) is 18.1. The number of anilines is 3. The van der Waals surface area contributed by atoms with E-state index in [4.69, 9.17) is 47.1 Å². The average molecular weight is 1010 g/mol. The van der Waals surface area contributed by atoms with Crippen LogP contribution in [0, 0.1) is 30.1 Å². The van der Waals surface area contributed by atoms with E-state index < -0.39 is 36.9 Å². The third-order valence-corrected chi connectivity index (χ3v) is 12.4. The van der Waals surface area contributed by atoms with Crippen molar-refractivity contribution < 1.29 is 46.5 Å². The minimum Gasteiger partial charge on any atom is -0.457 e. The van der Waals surface area contributed by atoms with E-state index in [0.717, 1.165) is 12.8 Å². The Bertz CT molecular complexity index is 2170. The quantitative estimate of drug-likeness (QED) is 0.0561. The predicted molar refractivity (Wildman–Crippen MR) is 255 cm³/mol. The number of amides is 2. The summed E-state index contributed by atoms with van der Waals surface area (Å²) in [5.74, 6) is 1.07. The van der Waals surface area contributed by atoms with Gasteiger partial charge in [0.15, 0.2) is 0 Å². The Hall–Kier alpha value is -5.75. The molecular formula is C45H71F3N16O7. The molecule has 2 saturated heterocycles. The van der Waals surface area contributed by atoms with Crippen LogP contribution in [0.2, 0.25) is 0 Å². The molecule has 0 bridgehead atoms. The highest BCUT2D eigenvalue weighted by Gasteiger charge is 2.41. The van der Waals surface area contributed by atoms with Gasteiger partial charge in [-0.05, 0) is 24.2 Å². The third-order valence-electron chi connectivity index (χ3n) is 12.4. The monoisotopic (exact) mass is 1000 g/mol. The molecule has 394 valence electrons.